The highest BCUT2D eigenvalue weighted by atomic mass is 16.5. The van der Waals surface area contributed by atoms with Gasteiger partial charge in [0.2, 0.25) is 0 Å². The number of rotatable bonds is 8. The van der Waals surface area contributed by atoms with Gasteiger partial charge in [-0.05, 0) is 55.3 Å². The molecule has 172 valence electrons. The zero-order chi connectivity index (χ0) is 23.5. The minimum Gasteiger partial charge on any atom is -0.484 e. The maximum atomic E-state index is 12.5. The Bertz CT molecular complexity index is 888. The summed E-state index contributed by atoms with van der Waals surface area (Å²) >= 11 is 0. The Hall–Kier alpha value is -3.39. The van der Waals surface area contributed by atoms with Crippen molar-refractivity contribution in [2.24, 2.45) is 0 Å². The Morgan fingerprint density at radius 1 is 0.906 bits per heavy atom. The largest absolute Gasteiger partial charge is 0.484 e. The number of hydrogen-bond acceptors (Lipinski definition) is 6. The van der Waals surface area contributed by atoms with Crippen molar-refractivity contribution < 1.29 is 29.3 Å². The van der Waals surface area contributed by atoms with Crippen LogP contribution in [0.4, 0.5) is 5.69 Å². The van der Waals surface area contributed by atoms with E-state index in [1.54, 1.807) is 24.0 Å². The van der Waals surface area contributed by atoms with Crippen molar-refractivity contribution in [3.63, 3.8) is 0 Å². The highest BCUT2D eigenvalue weighted by molar-refractivity contribution is 5.94. The van der Waals surface area contributed by atoms with E-state index in [2.05, 4.69) is 4.90 Å². The molecule has 1 fully saturated rings. The normalized spacial score (nSPS) is 13.1. The van der Waals surface area contributed by atoms with E-state index in [4.69, 9.17) is 14.9 Å². The lowest BCUT2D eigenvalue weighted by Gasteiger charge is -2.36. The topological polar surface area (TPSA) is 107 Å². The van der Waals surface area contributed by atoms with E-state index in [1.165, 1.54) is 0 Å². The first kappa shape index (κ1) is 24.9. The molecule has 0 aromatic heterocycles. The number of anilines is 1. The molecule has 1 aliphatic heterocycles. The van der Waals surface area contributed by atoms with Gasteiger partial charge in [-0.2, -0.15) is 0 Å². The number of carbonyl (C=O) groups is 3. The zero-order valence-electron chi connectivity index (χ0n) is 18.5. The van der Waals surface area contributed by atoms with Gasteiger partial charge in [0.15, 0.2) is 12.4 Å². The summed E-state index contributed by atoms with van der Waals surface area (Å²) in [6.45, 7) is 4.21. The van der Waals surface area contributed by atoms with Gasteiger partial charge in [0, 0.05) is 51.0 Å². The van der Waals surface area contributed by atoms with E-state index < -0.39 is 5.97 Å². The molecule has 8 heteroatoms. The van der Waals surface area contributed by atoms with Crippen LogP contribution in [0.3, 0.4) is 0 Å². The first-order valence-electron chi connectivity index (χ1n) is 10.4. The third-order valence-corrected chi connectivity index (χ3v) is 5.18. The number of ether oxygens (including phenoxy) is 1. The molecule has 0 radical (unpaired) electrons. The van der Waals surface area contributed by atoms with Crippen LogP contribution >= 0.6 is 0 Å². The molecule has 3 rings (SSSR count). The molecule has 0 aliphatic carbocycles. The summed E-state index contributed by atoms with van der Waals surface area (Å²) in [6, 6.07) is 14.7. The number of piperazine rings is 1. The number of aliphatic hydroxyl groups is 1. The van der Waals surface area contributed by atoms with E-state index in [1.807, 2.05) is 36.4 Å². The average molecular weight is 443 g/mol. The molecular weight excluding hydrogens is 412 g/mol. The van der Waals surface area contributed by atoms with Crippen molar-refractivity contribution in [3.05, 3.63) is 59.7 Å². The molecule has 0 unspecified atom stereocenters. The molecular formula is C24H30N2O6. The van der Waals surface area contributed by atoms with Crippen LogP contribution in [-0.2, 0) is 16.0 Å². The average Bonchev–Trinajstić information content (AvgIpc) is 2.83. The fraction of sp³-hybridized carbons (Fsp3) is 0.375. The van der Waals surface area contributed by atoms with Crippen molar-refractivity contribution >= 4 is 23.3 Å². The molecule has 1 saturated heterocycles. The molecule has 0 spiro atoms. The van der Waals surface area contributed by atoms with Crippen molar-refractivity contribution in [3.8, 4) is 5.75 Å². The number of amides is 1. The van der Waals surface area contributed by atoms with Crippen LogP contribution in [0.15, 0.2) is 48.5 Å². The first-order chi connectivity index (χ1) is 15.4. The number of Topliss-reactive ketones (excluding diaryl/α,β-unsaturated/α-hetero) is 1. The monoisotopic (exact) mass is 442 g/mol. The van der Waals surface area contributed by atoms with Crippen LogP contribution in [0.1, 0.15) is 29.3 Å². The van der Waals surface area contributed by atoms with Crippen LogP contribution in [-0.4, -0.2) is 72.7 Å². The molecule has 2 N–H and O–H groups in total. The van der Waals surface area contributed by atoms with Crippen molar-refractivity contribution in [2.75, 3.05) is 44.8 Å². The molecule has 2 aromatic carbocycles. The lowest BCUT2D eigenvalue weighted by Crippen LogP contribution is -2.50. The fourth-order valence-electron chi connectivity index (χ4n) is 3.36. The minimum absolute atomic E-state index is 0.0260. The quantitative estimate of drug-likeness (QED) is 0.604. The van der Waals surface area contributed by atoms with Gasteiger partial charge >= 0.3 is 5.97 Å². The number of carboxylic acid groups (broad SMARTS) is 1. The van der Waals surface area contributed by atoms with Crippen LogP contribution in [0.25, 0.3) is 0 Å². The van der Waals surface area contributed by atoms with Gasteiger partial charge < -0.3 is 24.7 Å². The molecule has 0 saturated carbocycles. The van der Waals surface area contributed by atoms with Gasteiger partial charge in [-0.25, -0.2) is 0 Å². The number of benzene rings is 2. The molecule has 32 heavy (non-hydrogen) atoms. The van der Waals surface area contributed by atoms with Crippen molar-refractivity contribution in [1.29, 1.82) is 0 Å². The molecule has 1 amide bonds. The molecule has 8 nitrogen and oxygen atoms in total. The van der Waals surface area contributed by atoms with Gasteiger partial charge in [-0.1, -0.05) is 12.1 Å². The highest BCUT2D eigenvalue weighted by Crippen LogP contribution is 2.18. The number of aryl methyl sites for hydroxylation is 1. The molecule has 1 aliphatic rings. The standard InChI is InChI=1S/C23H26N2O5.CH4O/c1-17(26)19-5-7-20(8-6-19)24-12-14-25(15-13-24)22(27)16-30-21-9-2-18(3-10-21)4-11-23(28)29;1-2/h2-3,5-10H,4,11-16H2,1H3,(H,28,29);2H,1H3. The number of aliphatic carboxylic acids is 1. The van der Waals surface area contributed by atoms with Crippen LogP contribution in [0, 0.1) is 0 Å². The summed E-state index contributed by atoms with van der Waals surface area (Å²) in [6.07, 6.45) is 0.557. The van der Waals surface area contributed by atoms with E-state index >= 15 is 0 Å². The van der Waals surface area contributed by atoms with Gasteiger partial charge in [0.05, 0.1) is 0 Å². The predicted octanol–water partition coefficient (Wildman–Crippen LogP) is 2.24. The lowest BCUT2D eigenvalue weighted by molar-refractivity contribution is -0.137. The maximum absolute atomic E-state index is 12.5. The number of hydrogen-bond donors (Lipinski definition) is 2. The third-order valence-electron chi connectivity index (χ3n) is 5.18. The Kier molecular flexibility index (Phi) is 9.69. The minimum atomic E-state index is -0.825. The number of carbonyl (C=O) groups excluding carboxylic acids is 2. The second-order valence-electron chi connectivity index (χ2n) is 7.30. The predicted molar refractivity (Wildman–Crippen MR) is 121 cm³/mol. The Morgan fingerprint density at radius 3 is 2.03 bits per heavy atom. The van der Waals surface area contributed by atoms with Crippen LogP contribution < -0.4 is 9.64 Å². The van der Waals surface area contributed by atoms with Gasteiger partial charge in [-0.3, -0.25) is 14.4 Å². The Morgan fingerprint density at radius 2 is 1.50 bits per heavy atom. The van der Waals surface area contributed by atoms with Gasteiger partial charge in [-0.15, -0.1) is 0 Å². The fourth-order valence-corrected chi connectivity index (χ4v) is 3.36. The molecule has 0 atom stereocenters. The maximum Gasteiger partial charge on any atom is 0.303 e. The van der Waals surface area contributed by atoms with Crippen molar-refractivity contribution in [2.45, 2.75) is 19.8 Å². The van der Waals surface area contributed by atoms with Gasteiger partial charge in [0.1, 0.15) is 5.75 Å². The first-order valence-corrected chi connectivity index (χ1v) is 10.4. The van der Waals surface area contributed by atoms with Crippen LogP contribution in [0.5, 0.6) is 5.75 Å². The van der Waals surface area contributed by atoms with E-state index in [-0.39, 0.29) is 24.7 Å². The number of aliphatic hydroxyl groups excluding tert-OH is 1. The Labute approximate surface area is 188 Å². The second-order valence-corrected chi connectivity index (χ2v) is 7.30. The Balaban J connectivity index is 0.00000176. The number of nitrogens with zero attached hydrogens (tertiary/aromatic N) is 2. The second kappa shape index (κ2) is 12.5. The highest BCUT2D eigenvalue weighted by Gasteiger charge is 2.21. The summed E-state index contributed by atoms with van der Waals surface area (Å²) in [5, 5.41) is 15.7. The van der Waals surface area contributed by atoms with E-state index in [0.29, 0.717) is 30.8 Å². The van der Waals surface area contributed by atoms with E-state index in [0.717, 1.165) is 31.5 Å². The smallest absolute Gasteiger partial charge is 0.303 e. The summed E-state index contributed by atoms with van der Waals surface area (Å²) < 4.78 is 5.60. The molecule has 1 heterocycles. The van der Waals surface area contributed by atoms with Crippen LogP contribution in [0.2, 0.25) is 0 Å². The SMILES string of the molecule is CC(=O)c1ccc(N2CCN(C(=O)COc3ccc(CCC(=O)O)cc3)CC2)cc1.CO. The van der Waals surface area contributed by atoms with Crippen molar-refractivity contribution in [1.82, 2.24) is 4.90 Å². The molecule has 2 aromatic rings. The van der Waals surface area contributed by atoms with E-state index in [9.17, 15) is 14.4 Å². The molecule has 0 bridgehead atoms. The number of ketones is 1. The third kappa shape index (κ3) is 7.39. The van der Waals surface area contributed by atoms with Gasteiger partial charge in [0.25, 0.3) is 5.91 Å². The summed E-state index contributed by atoms with van der Waals surface area (Å²) in [5.74, 6) is -0.246. The summed E-state index contributed by atoms with van der Waals surface area (Å²) in [7, 11) is 1.00. The summed E-state index contributed by atoms with van der Waals surface area (Å²) in [4.78, 5) is 38.5. The lowest BCUT2D eigenvalue weighted by atomic mass is 10.1. The zero-order valence-corrected chi connectivity index (χ0v) is 18.5. The number of carboxylic acids is 1. The summed E-state index contributed by atoms with van der Waals surface area (Å²) in [5.41, 5.74) is 2.66.